The summed E-state index contributed by atoms with van der Waals surface area (Å²) in [5.41, 5.74) is 4.30. The van der Waals surface area contributed by atoms with Gasteiger partial charge in [-0.2, -0.15) is 0 Å². The molecule has 0 aliphatic heterocycles. The average Bonchev–Trinajstić information content (AvgIpc) is 2.68. The molecule has 1 aliphatic rings. The third-order valence-corrected chi connectivity index (χ3v) is 5.97. The lowest BCUT2D eigenvalue weighted by Gasteiger charge is -2.35. The second-order valence-electron chi connectivity index (χ2n) is 7.55. The summed E-state index contributed by atoms with van der Waals surface area (Å²) in [6.45, 7) is 6.26. The van der Waals surface area contributed by atoms with Gasteiger partial charge in [0.15, 0.2) is 0 Å². The van der Waals surface area contributed by atoms with Gasteiger partial charge in [0.05, 0.1) is 11.4 Å². The first-order chi connectivity index (χ1) is 13.0. The van der Waals surface area contributed by atoms with Crippen LogP contribution in [0.5, 0.6) is 0 Å². The minimum absolute atomic E-state index is 0.200. The van der Waals surface area contributed by atoms with Crippen molar-refractivity contribution in [3.63, 3.8) is 0 Å². The van der Waals surface area contributed by atoms with Gasteiger partial charge in [-0.1, -0.05) is 63.2 Å². The normalized spacial score (nSPS) is 18.0. The molecule has 138 valence electrons. The van der Waals surface area contributed by atoms with Crippen molar-refractivity contribution in [1.29, 1.82) is 0 Å². The average molecular weight is 360 g/mol. The lowest BCUT2D eigenvalue weighted by atomic mass is 9.69. The zero-order chi connectivity index (χ0) is 19.2. The van der Waals surface area contributed by atoms with Crippen LogP contribution in [0.25, 0.3) is 16.9 Å². The fourth-order valence-electron chi connectivity index (χ4n) is 4.27. The maximum absolute atomic E-state index is 13.6. The number of para-hydroxylation sites is 1. The van der Waals surface area contributed by atoms with Gasteiger partial charge in [-0.05, 0) is 36.5 Å². The molecule has 0 saturated heterocycles. The third kappa shape index (κ3) is 2.59. The van der Waals surface area contributed by atoms with Crippen LogP contribution in [0.1, 0.15) is 43.9 Å². The lowest BCUT2D eigenvalue weighted by molar-refractivity contribution is 0.437. The molecule has 0 radical (unpaired) electrons. The van der Waals surface area contributed by atoms with Gasteiger partial charge in [0.2, 0.25) is 0 Å². The number of aromatic amines is 1. The Labute approximate surface area is 158 Å². The Bertz CT molecular complexity index is 1140. The molecule has 27 heavy (non-hydrogen) atoms. The molecular formula is C23H24N2O2. The van der Waals surface area contributed by atoms with Gasteiger partial charge in [0.1, 0.15) is 0 Å². The molecule has 1 N–H and O–H groups in total. The zero-order valence-electron chi connectivity index (χ0n) is 16.0. The number of fused-ring (bicyclic) bond motifs is 3. The molecule has 4 rings (SSSR count). The number of rotatable bonds is 3. The molecule has 1 aliphatic carbocycles. The van der Waals surface area contributed by atoms with E-state index in [1.54, 1.807) is 0 Å². The summed E-state index contributed by atoms with van der Waals surface area (Å²) in [7, 11) is 0. The van der Waals surface area contributed by atoms with E-state index in [4.69, 9.17) is 0 Å². The van der Waals surface area contributed by atoms with E-state index in [-0.39, 0.29) is 16.7 Å². The number of aromatic nitrogens is 2. The number of nitrogens with zero attached hydrogens (tertiary/aromatic N) is 1. The summed E-state index contributed by atoms with van der Waals surface area (Å²) in [6.07, 6.45) is 2.38. The number of benzene rings is 2. The van der Waals surface area contributed by atoms with Crippen LogP contribution >= 0.6 is 0 Å². The highest BCUT2D eigenvalue weighted by molar-refractivity contribution is 5.71. The largest absolute Gasteiger partial charge is 0.333 e. The van der Waals surface area contributed by atoms with Crippen LogP contribution in [0.4, 0.5) is 0 Å². The van der Waals surface area contributed by atoms with Crippen LogP contribution in [0.2, 0.25) is 0 Å². The maximum atomic E-state index is 13.6. The summed E-state index contributed by atoms with van der Waals surface area (Å²) >= 11 is 0. The van der Waals surface area contributed by atoms with E-state index in [0.717, 1.165) is 30.4 Å². The van der Waals surface area contributed by atoms with Crippen LogP contribution in [-0.2, 0) is 18.3 Å². The molecule has 1 heterocycles. The van der Waals surface area contributed by atoms with Crippen molar-refractivity contribution in [2.24, 2.45) is 0 Å². The molecule has 4 heteroatoms. The van der Waals surface area contributed by atoms with E-state index >= 15 is 0 Å². The lowest BCUT2D eigenvalue weighted by Crippen LogP contribution is -2.44. The highest BCUT2D eigenvalue weighted by atomic mass is 16.2. The van der Waals surface area contributed by atoms with Gasteiger partial charge in [0, 0.05) is 16.5 Å². The van der Waals surface area contributed by atoms with E-state index in [9.17, 15) is 9.59 Å². The summed E-state index contributed by atoms with van der Waals surface area (Å²) in [4.78, 5) is 29.7. The van der Waals surface area contributed by atoms with Crippen LogP contribution in [-0.4, -0.2) is 9.55 Å². The molecule has 0 fully saturated rings. The smallest absolute Gasteiger partial charge is 0.306 e. The highest BCUT2D eigenvalue weighted by Crippen LogP contribution is 2.41. The molecule has 2 aromatic carbocycles. The molecule has 4 nitrogen and oxygen atoms in total. The molecule has 1 aromatic heterocycles. The number of nitrogens with one attached hydrogen (secondary N) is 1. The van der Waals surface area contributed by atoms with Gasteiger partial charge >= 0.3 is 5.69 Å². The second-order valence-corrected chi connectivity index (χ2v) is 7.55. The Balaban J connectivity index is 2.11. The summed E-state index contributed by atoms with van der Waals surface area (Å²) < 4.78 is 1.32. The molecule has 1 atom stereocenters. The zero-order valence-corrected chi connectivity index (χ0v) is 16.0. The first-order valence-electron chi connectivity index (χ1n) is 9.56. The van der Waals surface area contributed by atoms with Gasteiger partial charge in [0.25, 0.3) is 5.56 Å². The van der Waals surface area contributed by atoms with Gasteiger partial charge in [-0.25, -0.2) is 9.36 Å². The molecule has 3 aromatic rings. The van der Waals surface area contributed by atoms with Crippen molar-refractivity contribution in [3.05, 3.63) is 86.1 Å². The molecule has 0 bridgehead atoms. The molecule has 0 spiro atoms. The van der Waals surface area contributed by atoms with Crippen LogP contribution in [0.15, 0.2) is 58.1 Å². The van der Waals surface area contributed by atoms with E-state index in [2.05, 4.69) is 24.9 Å². The first-order valence-corrected chi connectivity index (χ1v) is 9.56. The fraction of sp³-hybridized carbons (Fsp3) is 0.304. The minimum Gasteiger partial charge on any atom is -0.306 e. The number of H-pyrrole nitrogens is 1. The molecular weight excluding hydrogens is 336 g/mol. The van der Waals surface area contributed by atoms with Gasteiger partial charge < -0.3 is 4.98 Å². The summed E-state index contributed by atoms with van der Waals surface area (Å²) in [5.74, 6) is 0. The Morgan fingerprint density at radius 3 is 2.48 bits per heavy atom. The van der Waals surface area contributed by atoms with E-state index in [1.165, 1.54) is 10.1 Å². The van der Waals surface area contributed by atoms with Gasteiger partial charge in [-0.15, -0.1) is 0 Å². The van der Waals surface area contributed by atoms with Crippen molar-refractivity contribution in [2.45, 2.75) is 45.4 Å². The number of aryl methyl sites for hydroxylation is 1. The highest BCUT2D eigenvalue weighted by Gasteiger charge is 2.37. The number of hydrogen-bond acceptors (Lipinski definition) is 2. The van der Waals surface area contributed by atoms with Crippen molar-refractivity contribution < 1.29 is 0 Å². The van der Waals surface area contributed by atoms with Crippen molar-refractivity contribution in [1.82, 2.24) is 9.55 Å². The minimum atomic E-state index is -0.380. The predicted molar refractivity (Wildman–Crippen MR) is 109 cm³/mol. The Morgan fingerprint density at radius 2 is 1.74 bits per heavy atom. The van der Waals surface area contributed by atoms with Crippen LogP contribution < -0.4 is 11.2 Å². The Morgan fingerprint density at radius 1 is 1.04 bits per heavy atom. The Hall–Kier alpha value is -2.88. The molecule has 0 unspecified atom stereocenters. The first kappa shape index (κ1) is 17.5. The van der Waals surface area contributed by atoms with Crippen molar-refractivity contribution in [2.75, 3.05) is 0 Å². The quantitative estimate of drug-likeness (QED) is 0.768. The molecule has 0 amide bonds. The maximum Gasteiger partial charge on any atom is 0.333 e. The fourth-order valence-corrected chi connectivity index (χ4v) is 4.27. The van der Waals surface area contributed by atoms with Crippen molar-refractivity contribution >= 4 is 0 Å². The van der Waals surface area contributed by atoms with E-state index in [1.807, 2.05) is 49.4 Å². The monoisotopic (exact) mass is 360 g/mol. The van der Waals surface area contributed by atoms with E-state index in [0.29, 0.717) is 16.9 Å². The summed E-state index contributed by atoms with van der Waals surface area (Å²) in [5, 5.41) is 0. The topological polar surface area (TPSA) is 54.9 Å². The van der Waals surface area contributed by atoms with E-state index < -0.39 is 0 Å². The predicted octanol–water partition coefficient (Wildman–Crippen LogP) is 3.98. The van der Waals surface area contributed by atoms with Gasteiger partial charge in [-0.3, -0.25) is 4.79 Å². The van der Waals surface area contributed by atoms with Crippen LogP contribution in [0.3, 0.4) is 0 Å². The van der Waals surface area contributed by atoms with Crippen molar-refractivity contribution in [3.8, 4) is 16.9 Å². The SMILES string of the molecule is CCc1ccccc1-n1c(=O)[nH]c2c(c1=O)[C@](C)(CC)Cc1ccccc1-2. The summed E-state index contributed by atoms with van der Waals surface area (Å²) in [6, 6.07) is 15.7. The third-order valence-electron chi connectivity index (χ3n) is 5.97. The molecule has 0 saturated carbocycles. The Kier molecular flexibility index (Phi) is 4.14. The number of hydrogen-bond donors (Lipinski definition) is 1. The van der Waals surface area contributed by atoms with Crippen LogP contribution in [0, 0.1) is 0 Å². The second kappa shape index (κ2) is 6.38. The standard InChI is InChI=1S/C23H24N2O2/c1-4-15-10-7-9-13-18(15)25-21(26)19-20(24-22(25)27)17-12-8-6-11-16(17)14-23(19,3)5-2/h6-13H,4-5,14H2,1-3H3,(H,24,27)/t23-/m1/s1.